The molecule has 1 saturated carbocycles. The maximum Gasteiger partial charge on any atom is 0.106 e. The molecule has 0 aliphatic heterocycles. The van der Waals surface area contributed by atoms with E-state index in [2.05, 4.69) is 37.2 Å². The van der Waals surface area contributed by atoms with Crippen LogP contribution < -0.4 is 5.32 Å². The highest BCUT2D eigenvalue weighted by Crippen LogP contribution is 2.30. The zero-order valence-corrected chi connectivity index (χ0v) is 12.5. The second-order valence-electron chi connectivity index (χ2n) is 6.19. The van der Waals surface area contributed by atoms with Gasteiger partial charge >= 0.3 is 0 Å². The van der Waals surface area contributed by atoms with Crippen LogP contribution in [-0.4, -0.2) is 37.1 Å². The number of nitriles is 1. The predicted molar refractivity (Wildman–Crippen MR) is 76.4 cm³/mol. The van der Waals surface area contributed by atoms with Crippen molar-refractivity contribution in [2.45, 2.75) is 64.0 Å². The van der Waals surface area contributed by atoms with Gasteiger partial charge in [-0.25, -0.2) is 0 Å². The molecule has 1 aliphatic carbocycles. The fourth-order valence-corrected chi connectivity index (χ4v) is 2.89. The van der Waals surface area contributed by atoms with Gasteiger partial charge in [-0.2, -0.15) is 5.26 Å². The van der Waals surface area contributed by atoms with Crippen molar-refractivity contribution < 1.29 is 0 Å². The van der Waals surface area contributed by atoms with Crippen molar-refractivity contribution in [3.63, 3.8) is 0 Å². The van der Waals surface area contributed by atoms with Crippen LogP contribution in [0.2, 0.25) is 0 Å². The number of hydrogen-bond donors (Lipinski definition) is 1. The van der Waals surface area contributed by atoms with Crippen molar-refractivity contribution in [3.05, 3.63) is 0 Å². The first kappa shape index (κ1) is 15.5. The Balaban J connectivity index is 2.32. The molecule has 0 aromatic rings. The molecule has 3 nitrogen and oxygen atoms in total. The minimum absolute atomic E-state index is 0.255. The van der Waals surface area contributed by atoms with Crippen LogP contribution in [0.4, 0.5) is 0 Å². The van der Waals surface area contributed by atoms with Crippen molar-refractivity contribution >= 4 is 0 Å². The van der Waals surface area contributed by atoms with E-state index < -0.39 is 0 Å². The van der Waals surface area contributed by atoms with Crippen molar-refractivity contribution in [2.24, 2.45) is 5.92 Å². The Morgan fingerprint density at radius 2 is 2.00 bits per heavy atom. The molecule has 0 radical (unpaired) electrons. The van der Waals surface area contributed by atoms with E-state index in [1.807, 2.05) is 7.05 Å². The van der Waals surface area contributed by atoms with E-state index in [0.717, 1.165) is 31.6 Å². The van der Waals surface area contributed by atoms with Crippen LogP contribution in [-0.2, 0) is 0 Å². The molecule has 1 N–H and O–H groups in total. The molecule has 0 spiro atoms. The van der Waals surface area contributed by atoms with Crippen LogP contribution in [0, 0.1) is 17.2 Å². The van der Waals surface area contributed by atoms with Gasteiger partial charge < -0.3 is 10.2 Å². The third-order valence-electron chi connectivity index (χ3n) is 4.42. The van der Waals surface area contributed by atoms with E-state index in [4.69, 9.17) is 0 Å². The summed E-state index contributed by atoms with van der Waals surface area (Å²) in [6.07, 6.45) is 6.87. The average Bonchev–Trinajstić information content (AvgIpc) is 2.38. The number of nitrogens with one attached hydrogen (secondary N) is 1. The summed E-state index contributed by atoms with van der Waals surface area (Å²) in [4.78, 5) is 2.50. The summed E-state index contributed by atoms with van der Waals surface area (Å²) in [5.41, 5.74) is -0.255. The van der Waals surface area contributed by atoms with Crippen LogP contribution in [0.3, 0.4) is 0 Å². The first-order chi connectivity index (χ1) is 8.53. The summed E-state index contributed by atoms with van der Waals surface area (Å²) >= 11 is 0. The maximum absolute atomic E-state index is 9.24. The first-order valence-electron chi connectivity index (χ1n) is 7.33. The molecule has 18 heavy (non-hydrogen) atoms. The maximum atomic E-state index is 9.24. The van der Waals surface area contributed by atoms with Crippen molar-refractivity contribution in [1.82, 2.24) is 10.2 Å². The zero-order chi connectivity index (χ0) is 13.6. The van der Waals surface area contributed by atoms with Crippen molar-refractivity contribution in [2.75, 3.05) is 20.6 Å². The summed E-state index contributed by atoms with van der Waals surface area (Å²) in [6.45, 7) is 5.77. The fraction of sp³-hybridized carbons (Fsp3) is 0.933. The molecule has 0 aromatic heterocycles. The van der Waals surface area contributed by atoms with Gasteiger partial charge in [-0.3, -0.25) is 0 Å². The van der Waals surface area contributed by atoms with Gasteiger partial charge in [0.15, 0.2) is 0 Å². The van der Waals surface area contributed by atoms with Gasteiger partial charge in [-0.1, -0.05) is 13.8 Å². The van der Waals surface area contributed by atoms with E-state index in [1.165, 1.54) is 19.4 Å². The molecule has 1 aliphatic rings. The zero-order valence-electron chi connectivity index (χ0n) is 12.5. The number of rotatable bonds is 6. The Morgan fingerprint density at radius 1 is 1.39 bits per heavy atom. The monoisotopic (exact) mass is 251 g/mol. The lowest BCUT2D eigenvalue weighted by molar-refractivity contribution is 0.154. The summed E-state index contributed by atoms with van der Waals surface area (Å²) in [6, 6.07) is 3.13. The second kappa shape index (κ2) is 7.11. The first-order valence-corrected chi connectivity index (χ1v) is 7.33. The molecular weight excluding hydrogens is 222 g/mol. The predicted octanol–water partition coefficient (Wildman–Crippen LogP) is 2.78. The van der Waals surface area contributed by atoms with Crippen LogP contribution in [0.1, 0.15) is 52.4 Å². The van der Waals surface area contributed by atoms with Gasteiger partial charge in [0.05, 0.1) is 6.07 Å². The molecule has 0 unspecified atom stereocenters. The lowest BCUT2D eigenvalue weighted by atomic mass is 9.80. The highest BCUT2D eigenvalue weighted by Gasteiger charge is 2.34. The van der Waals surface area contributed by atoms with Crippen LogP contribution in [0.25, 0.3) is 0 Å². The second-order valence-corrected chi connectivity index (χ2v) is 6.19. The van der Waals surface area contributed by atoms with Gasteiger partial charge in [0.1, 0.15) is 5.54 Å². The van der Waals surface area contributed by atoms with E-state index in [9.17, 15) is 5.26 Å². The van der Waals surface area contributed by atoms with E-state index in [0.29, 0.717) is 6.04 Å². The molecular formula is C15H29N3. The fourth-order valence-electron chi connectivity index (χ4n) is 2.89. The normalized spacial score (nSPS) is 28.6. The molecule has 0 bridgehead atoms. The lowest BCUT2D eigenvalue weighted by Crippen LogP contribution is -2.48. The van der Waals surface area contributed by atoms with Gasteiger partial charge in [0.2, 0.25) is 0 Å². The summed E-state index contributed by atoms with van der Waals surface area (Å²) in [5, 5.41) is 12.4. The third-order valence-corrected chi connectivity index (χ3v) is 4.42. The quantitative estimate of drug-likeness (QED) is 0.789. The SMILES string of the molecule is CNC1(C#N)CCC(N(C)CCCC(C)C)CC1. The molecule has 1 fully saturated rings. The Morgan fingerprint density at radius 3 is 2.44 bits per heavy atom. The summed E-state index contributed by atoms with van der Waals surface area (Å²) < 4.78 is 0. The van der Waals surface area contributed by atoms with Gasteiger partial charge in [-0.05, 0) is 65.1 Å². The molecule has 0 aromatic carbocycles. The minimum Gasteiger partial charge on any atom is -0.303 e. The Labute approximate surface area is 113 Å². The molecule has 0 heterocycles. The summed E-state index contributed by atoms with van der Waals surface area (Å²) in [7, 11) is 4.15. The molecule has 1 rings (SSSR count). The Hall–Kier alpha value is -0.590. The molecule has 0 saturated heterocycles. The van der Waals surface area contributed by atoms with Crippen molar-refractivity contribution in [1.29, 1.82) is 5.26 Å². The highest BCUT2D eigenvalue weighted by molar-refractivity contribution is 5.09. The molecule has 0 amide bonds. The average molecular weight is 251 g/mol. The molecule has 3 heteroatoms. The van der Waals surface area contributed by atoms with Crippen LogP contribution in [0.15, 0.2) is 0 Å². The lowest BCUT2D eigenvalue weighted by Gasteiger charge is -2.38. The van der Waals surface area contributed by atoms with Gasteiger partial charge in [0.25, 0.3) is 0 Å². The van der Waals surface area contributed by atoms with E-state index in [-0.39, 0.29) is 5.54 Å². The minimum atomic E-state index is -0.255. The highest BCUT2D eigenvalue weighted by atomic mass is 15.1. The largest absolute Gasteiger partial charge is 0.303 e. The Bertz CT molecular complexity index is 272. The Kier molecular flexibility index (Phi) is 6.11. The van der Waals surface area contributed by atoms with E-state index in [1.54, 1.807) is 0 Å². The van der Waals surface area contributed by atoms with E-state index >= 15 is 0 Å². The number of nitrogens with zero attached hydrogens (tertiary/aromatic N) is 2. The van der Waals surface area contributed by atoms with Crippen molar-refractivity contribution in [3.8, 4) is 6.07 Å². The summed E-state index contributed by atoms with van der Waals surface area (Å²) in [5.74, 6) is 0.806. The molecule has 104 valence electrons. The van der Waals surface area contributed by atoms with Crippen LogP contribution in [0.5, 0.6) is 0 Å². The third kappa shape index (κ3) is 4.26. The standard InChI is InChI=1S/C15H29N3/c1-13(2)6-5-11-18(4)14-7-9-15(12-16,17-3)10-8-14/h13-14,17H,5-11H2,1-4H3. The van der Waals surface area contributed by atoms with Crippen LogP contribution >= 0.6 is 0 Å². The van der Waals surface area contributed by atoms with Gasteiger partial charge in [0, 0.05) is 6.04 Å². The smallest absolute Gasteiger partial charge is 0.106 e. The number of hydrogen-bond acceptors (Lipinski definition) is 3. The van der Waals surface area contributed by atoms with Gasteiger partial charge in [-0.15, -0.1) is 0 Å². The topological polar surface area (TPSA) is 39.1 Å². The molecule has 0 atom stereocenters.